The molecule has 0 saturated carbocycles. The Bertz CT molecular complexity index is 1010. The second-order valence-electron chi connectivity index (χ2n) is 5.50. The average molecular weight is 427 g/mol. The fraction of sp³-hybridized carbons (Fsp3) is 0.250. The maximum absolute atomic E-state index is 12.0. The van der Waals surface area contributed by atoms with Gasteiger partial charge in [0.05, 0.1) is 18.6 Å². The predicted octanol–water partition coefficient (Wildman–Crippen LogP) is 3.43. The van der Waals surface area contributed by atoms with E-state index in [9.17, 15) is 8.42 Å². The van der Waals surface area contributed by atoms with E-state index in [1.165, 1.54) is 43.3 Å². The molecule has 0 saturated heterocycles. The van der Waals surface area contributed by atoms with Crippen molar-refractivity contribution >= 4 is 43.9 Å². The number of furan rings is 1. The molecule has 144 valence electrons. The summed E-state index contributed by atoms with van der Waals surface area (Å²) in [6.07, 6.45) is 0. The minimum absolute atomic E-state index is 0.0705. The smallest absolute Gasteiger partial charge is 0.275 e. The molecule has 0 radical (unpaired) electrons. The lowest BCUT2D eigenvalue weighted by Gasteiger charge is -2.07. The number of hydrogen-bond acceptors (Lipinski definition) is 9. The van der Waals surface area contributed by atoms with E-state index >= 15 is 0 Å². The summed E-state index contributed by atoms with van der Waals surface area (Å²) < 4.78 is 36.7. The highest BCUT2D eigenvalue weighted by Gasteiger charge is 2.21. The largest absolute Gasteiger partial charge is 0.495 e. The van der Waals surface area contributed by atoms with Gasteiger partial charge in [-0.2, -0.15) is 0 Å². The van der Waals surface area contributed by atoms with Crippen molar-refractivity contribution in [2.45, 2.75) is 15.2 Å². The Kier molecular flexibility index (Phi) is 6.05. The number of hydrogen-bond donors (Lipinski definition) is 1. The summed E-state index contributed by atoms with van der Waals surface area (Å²) in [5, 5.41) is 12.0. The third-order valence-corrected chi connectivity index (χ3v) is 7.15. The number of ether oxygens (including phenoxy) is 1. The van der Waals surface area contributed by atoms with Gasteiger partial charge in [0.1, 0.15) is 11.5 Å². The Hall–Kier alpha value is -2.08. The summed E-state index contributed by atoms with van der Waals surface area (Å²) in [4.78, 5) is 0. The summed E-state index contributed by atoms with van der Waals surface area (Å²) in [5.41, 5.74) is 0.803. The van der Waals surface area contributed by atoms with Gasteiger partial charge < -0.3 is 14.5 Å². The molecular weight excluding hydrogens is 408 g/mol. The Labute approximate surface area is 165 Å². The van der Waals surface area contributed by atoms with Crippen LogP contribution in [0.5, 0.6) is 5.75 Å². The Morgan fingerprint density at radius 2 is 2.00 bits per heavy atom. The van der Waals surface area contributed by atoms with E-state index in [1.807, 2.05) is 24.3 Å². The number of anilines is 2. The maximum Gasteiger partial charge on any atom is 0.275 e. The summed E-state index contributed by atoms with van der Waals surface area (Å²) in [6.45, 7) is 0. The second-order valence-corrected chi connectivity index (χ2v) is 9.78. The lowest BCUT2D eigenvalue weighted by atomic mass is 10.3. The molecule has 0 aliphatic carbocycles. The molecule has 3 rings (SSSR count). The minimum Gasteiger partial charge on any atom is -0.495 e. The van der Waals surface area contributed by atoms with Gasteiger partial charge in [-0.3, -0.25) is 0 Å². The molecule has 8 nitrogen and oxygen atoms in total. The molecular formula is C16H18N4O4S3. The highest BCUT2D eigenvalue weighted by molar-refractivity contribution is 8.00. The van der Waals surface area contributed by atoms with E-state index in [4.69, 9.17) is 9.15 Å². The van der Waals surface area contributed by atoms with E-state index in [0.29, 0.717) is 22.4 Å². The van der Waals surface area contributed by atoms with Gasteiger partial charge in [0.2, 0.25) is 10.2 Å². The zero-order valence-electron chi connectivity index (χ0n) is 14.9. The van der Waals surface area contributed by atoms with Crippen molar-refractivity contribution in [1.29, 1.82) is 0 Å². The normalized spacial score (nSPS) is 11.7. The SMILES string of the molecule is COc1ccccc1Nc1nnc(SCc2ccc(S(=O)(=O)N(C)C)o2)s1. The van der Waals surface area contributed by atoms with Gasteiger partial charge in [-0.15, -0.1) is 10.2 Å². The number of sulfonamides is 1. The van der Waals surface area contributed by atoms with E-state index in [0.717, 1.165) is 14.3 Å². The van der Waals surface area contributed by atoms with Crippen molar-refractivity contribution < 1.29 is 17.6 Å². The first-order chi connectivity index (χ1) is 12.9. The van der Waals surface area contributed by atoms with Crippen molar-refractivity contribution in [3.8, 4) is 5.75 Å². The molecule has 0 atom stereocenters. The Balaban J connectivity index is 1.63. The molecule has 0 amide bonds. The van der Waals surface area contributed by atoms with Crippen LogP contribution in [0.1, 0.15) is 5.76 Å². The molecule has 11 heteroatoms. The summed E-state index contributed by atoms with van der Waals surface area (Å²) in [5.74, 6) is 1.72. The summed E-state index contributed by atoms with van der Waals surface area (Å²) >= 11 is 2.81. The average Bonchev–Trinajstić information content (AvgIpc) is 3.30. The quantitative estimate of drug-likeness (QED) is 0.547. The van der Waals surface area contributed by atoms with E-state index < -0.39 is 10.0 Å². The lowest BCUT2D eigenvalue weighted by Crippen LogP contribution is -2.21. The van der Waals surface area contributed by atoms with Crippen molar-refractivity contribution in [3.63, 3.8) is 0 Å². The highest BCUT2D eigenvalue weighted by Crippen LogP contribution is 2.33. The molecule has 1 aromatic carbocycles. The van der Waals surface area contributed by atoms with Crippen LogP contribution in [0.4, 0.5) is 10.8 Å². The van der Waals surface area contributed by atoms with Crippen LogP contribution in [-0.4, -0.2) is 44.1 Å². The molecule has 0 aliphatic heterocycles. The zero-order valence-corrected chi connectivity index (χ0v) is 17.3. The molecule has 3 aromatic rings. The van der Waals surface area contributed by atoms with E-state index in [1.54, 1.807) is 13.2 Å². The van der Waals surface area contributed by atoms with Gasteiger partial charge in [0.15, 0.2) is 4.34 Å². The number of thioether (sulfide) groups is 1. The highest BCUT2D eigenvalue weighted by atomic mass is 32.2. The number of benzene rings is 1. The molecule has 2 heterocycles. The number of rotatable bonds is 8. The fourth-order valence-corrected chi connectivity index (χ4v) is 4.54. The van der Waals surface area contributed by atoms with Crippen molar-refractivity contribution in [1.82, 2.24) is 14.5 Å². The van der Waals surface area contributed by atoms with Crippen LogP contribution >= 0.6 is 23.1 Å². The third kappa shape index (κ3) is 4.61. The van der Waals surface area contributed by atoms with Crippen LogP contribution in [0, 0.1) is 0 Å². The monoisotopic (exact) mass is 426 g/mol. The van der Waals surface area contributed by atoms with E-state index in [-0.39, 0.29) is 5.09 Å². The first kappa shape index (κ1) is 19.7. The molecule has 2 aromatic heterocycles. The lowest BCUT2D eigenvalue weighted by molar-refractivity contribution is 0.408. The van der Waals surface area contributed by atoms with Crippen LogP contribution in [0.2, 0.25) is 0 Å². The van der Waals surface area contributed by atoms with Gasteiger partial charge >= 0.3 is 0 Å². The zero-order chi connectivity index (χ0) is 19.4. The molecule has 0 fully saturated rings. The third-order valence-electron chi connectivity index (χ3n) is 3.46. The maximum atomic E-state index is 12.0. The van der Waals surface area contributed by atoms with Crippen molar-refractivity contribution in [3.05, 3.63) is 42.2 Å². The number of nitrogens with zero attached hydrogens (tertiary/aromatic N) is 3. The summed E-state index contributed by atoms with van der Waals surface area (Å²) in [7, 11) is 0.965. The topological polar surface area (TPSA) is 97.6 Å². The molecule has 0 unspecified atom stereocenters. The Morgan fingerprint density at radius 1 is 1.22 bits per heavy atom. The second kappa shape index (κ2) is 8.30. The number of para-hydroxylation sites is 2. The van der Waals surface area contributed by atoms with Gasteiger partial charge in [-0.1, -0.05) is 35.2 Å². The molecule has 27 heavy (non-hydrogen) atoms. The van der Waals surface area contributed by atoms with Crippen LogP contribution < -0.4 is 10.1 Å². The van der Waals surface area contributed by atoms with Crippen LogP contribution in [-0.2, 0) is 15.8 Å². The number of nitrogens with one attached hydrogen (secondary N) is 1. The first-order valence-corrected chi connectivity index (χ1v) is 11.0. The molecule has 1 N–H and O–H groups in total. The minimum atomic E-state index is -3.57. The molecule has 0 bridgehead atoms. The standard InChI is InChI=1S/C16H18N4O4S3/c1-20(2)27(21,22)14-9-8-11(24-14)10-25-16-19-18-15(26-16)17-12-6-4-5-7-13(12)23-3/h4-9H,10H2,1-3H3,(H,17,18). The molecule has 0 aliphatic rings. The van der Waals surface area contributed by atoms with Crippen molar-refractivity contribution in [2.24, 2.45) is 0 Å². The van der Waals surface area contributed by atoms with Crippen LogP contribution in [0.15, 0.2) is 50.2 Å². The van der Waals surface area contributed by atoms with E-state index in [2.05, 4.69) is 15.5 Å². The molecule has 0 spiro atoms. The Morgan fingerprint density at radius 3 is 2.74 bits per heavy atom. The van der Waals surface area contributed by atoms with Crippen LogP contribution in [0.3, 0.4) is 0 Å². The van der Waals surface area contributed by atoms with Crippen LogP contribution in [0.25, 0.3) is 0 Å². The first-order valence-electron chi connectivity index (χ1n) is 7.77. The summed E-state index contributed by atoms with van der Waals surface area (Å²) in [6, 6.07) is 10.6. The fourth-order valence-electron chi connectivity index (χ4n) is 2.07. The van der Waals surface area contributed by atoms with Gasteiger partial charge in [0.25, 0.3) is 10.0 Å². The predicted molar refractivity (Wildman–Crippen MR) is 105 cm³/mol. The number of aromatic nitrogens is 2. The number of methoxy groups -OCH3 is 1. The van der Waals surface area contributed by atoms with Gasteiger partial charge in [-0.25, -0.2) is 12.7 Å². The van der Waals surface area contributed by atoms with Gasteiger partial charge in [-0.05, 0) is 24.3 Å². The van der Waals surface area contributed by atoms with Crippen molar-refractivity contribution in [2.75, 3.05) is 26.5 Å². The van der Waals surface area contributed by atoms with Gasteiger partial charge in [0, 0.05) is 14.1 Å².